The van der Waals surface area contributed by atoms with Crippen LogP contribution in [0.2, 0.25) is 0 Å². The Bertz CT molecular complexity index is 1270. The highest BCUT2D eigenvalue weighted by molar-refractivity contribution is 7.99. The first-order valence-corrected chi connectivity index (χ1v) is 10.5. The lowest BCUT2D eigenvalue weighted by Gasteiger charge is -2.20. The summed E-state index contributed by atoms with van der Waals surface area (Å²) in [4.78, 5) is 30.5. The molecule has 4 nitrogen and oxygen atoms in total. The molecule has 0 aliphatic rings. The average molecular weight is 418 g/mol. The Hall–Kier alpha value is -3.25. The normalized spacial score (nSPS) is 12.1. The molecule has 0 saturated heterocycles. The van der Waals surface area contributed by atoms with E-state index in [1.54, 1.807) is 34.9 Å². The van der Waals surface area contributed by atoms with Gasteiger partial charge in [-0.3, -0.25) is 14.2 Å². The second-order valence-electron chi connectivity index (χ2n) is 6.87. The molecule has 30 heavy (non-hydrogen) atoms. The van der Waals surface area contributed by atoms with Crippen molar-refractivity contribution in [2.24, 2.45) is 0 Å². The van der Waals surface area contributed by atoms with E-state index in [9.17, 15) is 14.0 Å². The van der Waals surface area contributed by atoms with Crippen molar-refractivity contribution in [1.82, 2.24) is 9.55 Å². The van der Waals surface area contributed by atoms with E-state index in [2.05, 4.69) is 4.98 Å². The lowest BCUT2D eigenvalue weighted by Crippen LogP contribution is -2.27. The van der Waals surface area contributed by atoms with Gasteiger partial charge in [-0.05, 0) is 36.8 Å². The van der Waals surface area contributed by atoms with E-state index in [1.807, 2.05) is 43.3 Å². The molecule has 0 aliphatic carbocycles. The van der Waals surface area contributed by atoms with Gasteiger partial charge in [-0.1, -0.05) is 66.4 Å². The number of para-hydroxylation sites is 1. The van der Waals surface area contributed by atoms with Gasteiger partial charge in [0.05, 0.1) is 28.3 Å². The van der Waals surface area contributed by atoms with Crippen molar-refractivity contribution in [1.29, 1.82) is 0 Å². The van der Waals surface area contributed by atoms with E-state index in [0.29, 0.717) is 16.1 Å². The summed E-state index contributed by atoms with van der Waals surface area (Å²) in [6.45, 7) is 1.93. The molecular weight excluding hydrogens is 399 g/mol. The Morgan fingerprint density at radius 3 is 2.43 bits per heavy atom. The lowest BCUT2D eigenvalue weighted by atomic mass is 10.1. The predicted molar refractivity (Wildman–Crippen MR) is 118 cm³/mol. The molecule has 1 heterocycles. The van der Waals surface area contributed by atoms with E-state index < -0.39 is 5.82 Å². The Labute approximate surface area is 177 Å². The lowest BCUT2D eigenvalue weighted by molar-refractivity contribution is 0.101. The monoisotopic (exact) mass is 418 g/mol. The molecule has 6 heteroatoms. The Balaban J connectivity index is 1.75. The summed E-state index contributed by atoms with van der Waals surface area (Å²) >= 11 is 1.15. The highest BCUT2D eigenvalue weighted by Crippen LogP contribution is 2.25. The number of carbonyl (C=O) groups excluding carboxylic acids is 1. The van der Waals surface area contributed by atoms with E-state index in [4.69, 9.17) is 0 Å². The maximum Gasteiger partial charge on any atom is 0.262 e. The Morgan fingerprint density at radius 1 is 1.00 bits per heavy atom. The summed E-state index contributed by atoms with van der Waals surface area (Å²) in [5.41, 5.74) is 1.40. The minimum Gasteiger partial charge on any atom is -0.293 e. The fraction of sp³-hybridized carbons (Fsp3) is 0.125. The van der Waals surface area contributed by atoms with Crippen LogP contribution in [0.1, 0.15) is 28.9 Å². The number of aromatic nitrogens is 2. The van der Waals surface area contributed by atoms with E-state index in [-0.39, 0.29) is 28.7 Å². The molecule has 0 saturated carbocycles. The Morgan fingerprint density at radius 2 is 1.67 bits per heavy atom. The third-order valence-electron chi connectivity index (χ3n) is 4.95. The molecule has 0 radical (unpaired) electrons. The Kier molecular flexibility index (Phi) is 5.77. The predicted octanol–water partition coefficient (Wildman–Crippen LogP) is 5.12. The number of benzene rings is 3. The number of thioether (sulfide) groups is 1. The maximum atomic E-state index is 14.0. The van der Waals surface area contributed by atoms with Crippen molar-refractivity contribution in [2.45, 2.75) is 18.1 Å². The number of fused-ring (bicyclic) bond motifs is 1. The molecule has 0 spiro atoms. The highest BCUT2D eigenvalue weighted by Gasteiger charge is 2.19. The van der Waals surface area contributed by atoms with Gasteiger partial charge in [-0.2, -0.15) is 0 Å². The average Bonchev–Trinajstić information content (AvgIpc) is 2.78. The maximum absolute atomic E-state index is 14.0. The molecule has 0 fully saturated rings. The standard InChI is InChI=1S/C24H19FN2O2S/c1-16(17-9-3-2-4-10-17)27-23(29)19-12-6-8-14-21(19)26-24(27)30-15-22(28)18-11-5-7-13-20(18)25/h2-14,16H,15H2,1H3/t16-/m1/s1. The van der Waals surface area contributed by atoms with Gasteiger partial charge in [0.25, 0.3) is 5.56 Å². The van der Waals surface area contributed by atoms with Crippen LogP contribution in [0.4, 0.5) is 4.39 Å². The van der Waals surface area contributed by atoms with Crippen molar-refractivity contribution < 1.29 is 9.18 Å². The van der Waals surface area contributed by atoms with Crippen LogP contribution in [0.25, 0.3) is 10.9 Å². The number of carbonyl (C=O) groups is 1. The zero-order valence-electron chi connectivity index (χ0n) is 16.3. The van der Waals surface area contributed by atoms with E-state index in [0.717, 1.165) is 17.3 Å². The first kappa shape index (κ1) is 20.0. The van der Waals surface area contributed by atoms with Gasteiger partial charge < -0.3 is 0 Å². The number of rotatable bonds is 6. The molecular formula is C24H19FN2O2S. The van der Waals surface area contributed by atoms with Crippen molar-refractivity contribution in [2.75, 3.05) is 5.75 Å². The van der Waals surface area contributed by atoms with Crippen molar-refractivity contribution in [3.05, 3.63) is 106 Å². The van der Waals surface area contributed by atoms with Crippen LogP contribution >= 0.6 is 11.8 Å². The minimum absolute atomic E-state index is 0.0206. The van der Waals surface area contributed by atoms with Gasteiger partial charge in [0.2, 0.25) is 0 Å². The summed E-state index contributed by atoms with van der Waals surface area (Å²) in [7, 11) is 0. The number of nitrogens with zero attached hydrogens (tertiary/aromatic N) is 2. The van der Waals surface area contributed by atoms with Gasteiger partial charge in [0, 0.05) is 0 Å². The smallest absolute Gasteiger partial charge is 0.262 e. The fourth-order valence-electron chi connectivity index (χ4n) is 3.34. The molecule has 4 aromatic rings. The molecule has 0 amide bonds. The minimum atomic E-state index is -0.551. The number of hydrogen-bond acceptors (Lipinski definition) is 4. The number of Topliss-reactive ketones (excluding diaryl/α,β-unsaturated/α-hetero) is 1. The van der Waals surface area contributed by atoms with Crippen LogP contribution < -0.4 is 5.56 Å². The number of halogens is 1. The molecule has 1 atom stereocenters. The summed E-state index contributed by atoms with van der Waals surface area (Å²) in [6, 6.07) is 22.4. The molecule has 1 aromatic heterocycles. The van der Waals surface area contributed by atoms with Crippen molar-refractivity contribution in [3.63, 3.8) is 0 Å². The van der Waals surface area contributed by atoms with Crippen LogP contribution in [-0.2, 0) is 0 Å². The molecule has 0 bridgehead atoms. The van der Waals surface area contributed by atoms with Crippen LogP contribution in [0, 0.1) is 5.82 Å². The largest absolute Gasteiger partial charge is 0.293 e. The van der Waals surface area contributed by atoms with Crippen molar-refractivity contribution >= 4 is 28.4 Å². The number of hydrogen-bond donors (Lipinski definition) is 0. The fourth-order valence-corrected chi connectivity index (χ4v) is 4.30. The first-order valence-electron chi connectivity index (χ1n) is 9.53. The highest BCUT2D eigenvalue weighted by atomic mass is 32.2. The van der Waals surface area contributed by atoms with Crippen LogP contribution in [-0.4, -0.2) is 21.1 Å². The van der Waals surface area contributed by atoms with Gasteiger partial charge >= 0.3 is 0 Å². The van der Waals surface area contributed by atoms with E-state index in [1.165, 1.54) is 12.1 Å². The van der Waals surface area contributed by atoms with Gasteiger partial charge in [0.15, 0.2) is 10.9 Å². The van der Waals surface area contributed by atoms with Crippen LogP contribution in [0.5, 0.6) is 0 Å². The summed E-state index contributed by atoms with van der Waals surface area (Å²) in [6.07, 6.45) is 0. The molecule has 0 N–H and O–H groups in total. The topological polar surface area (TPSA) is 52.0 Å². The van der Waals surface area contributed by atoms with Gasteiger partial charge in [-0.15, -0.1) is 0 Å². The second kappa shape index (κ2) is 8.63. The SMILES string of the molecule is C[C@H](c1ccccc1)n1c(SCC(=O)c2ccccc2F)nc2ccccc2c1=O. The molecule has 3 aromatic carbocycles. The summed E-state index contributed by atoms with van der Waals surface area (Å²) in [5.74, 6) is -0.920. The van der Waals surface area contributed by atoms with Crippen LogP contribution in [0.15, 0.2) is 88.8 Å². The summed E-state index contributed by atoms with van der Waals surface area (Å²) < 4.78 is 15.6. The zero-order valence-corrected chi connectivity index (χ0v) is 17.1. The van der Waals surface area contributed by atoms with Gasteiger partial charge in [-0.25, -0.2) is 9.37 Å². The van der Waals surface area contributed by atoms with Gasteiger partial charge in [0.1, 0.15) is 5.82 Å². The van der Waals surface area contributed by atoms with E-state index >= 15 is 0 Å². The van der Waals surface area contributed by atoms with Crippen molar-refractivity contribution in [3.8, 4) is 0 Å². The molecule has 4 rings (SSSR count). The third kappa shape index (κ3) is 3.91. The zero-order chi connectivity index (χ0) is 21.1. The third-order valence-corrected chi connectivity index (χ3v) is 5.90. The second-order valence-corrected chi connectivity index (χ2v) is 7.81. The van der Waals surface area contributed by atoms with Crippen LogP contribution in [0.3, 0.4) is 0 Å². The molecule has 0 aliphatic heterocycles. The summed E-state index contributed by atoms with van der Waals surface area (Å²) in [5, 5.41) is 0.949. The number of ketones is 1. The first-order chi connectivity index (χ1) is 14.6. The molecule has 150 valence electrons. The quantitative estimate of drug-likeness (QED) is 0.248. The molecule has 0 unspecified atom stereocenters.